The lowest BCUT2D eigenvalue weighted by atomic mass is 10.1. The number of hydrogen-bond donors (Lipinski definition) is 1. The van der Waals surface area contributed by atoms with Crippen LogP contribution in [-0.4, -0.2) is 6.04 Å². The normalized spacial score (nSPS) is 10.9. The summed E-state index contributed by atoms with van der Waals surface area (Å²) in [5, 5.41) is 3.63. The second-order valence-electron chi connectivity index (χ2n) is 4.16. The summed E-state index contributed by atoms with van der Waals surface area (Å²) in [7, 11) is 0. The van der Waals surface area contributed by atoms with E-state index in [1.807, 2.05) is 0 Å². The molecule has 0 aliphatic heterocycles. The Bertz CT molecular complexity index is 337. The first-order chi connectivity index (χ1) is 8.08. The first-order valence-corrected chi connectivity index (χ1v) is 8.37. The van der Waals surface area contributed by atoms with Crippen LogP contribution in [-0.2, 0) is 0 Å². The Morgan fingerprint density at radius 2 is 1.47 bits per heavy atom. The van der Waals surface area contributed by atoms with E-state index in [2.05, 4.69) is 79.1 Å². The van der Waals surface area contributed by atoms with Gasteiger partial charge in [-0.15, -0.1) is 0 Å². The summed E-state index contributed by atoms with van der Waals surface area (Å²) in [6.07, 6.45) is 4.85. The van der Waals surface area contributed by atoms with Crippen molar-refractivity contribution < 1.29 is 0 Å². The minimum Gasteiger partial charge on any atom is -0.380 e. The molecular weight excluding hydrogens is 410 g/mol. The number of hydrogen-bond acceptors (Lipinski definition) is 1. The van der Waals surface area contributed by atoms with Crippen LogP contribution in [0.4, 0.5) is 5.69 Å². The Morgan fingerprint density at radius 1 is 1.00 bits per heavy atom. The Labute approximate surface area is 129 Å². The van der Waals surface area contributed by atoms with Gasteiger partial charge in [-0.3, -0.25) is 0 Å². The molecule has 4 heteroatoms. The van der Waals surface area contributed by atoms with Crippen LogP contribution in [0.2, 0.25) is 0 Å². The third-order valence-corrected chi connectivity index (χ3v) is 4.34. The fraction of sp³-hybridized carbons (Fsp3) is 0.538. The van der Waals surface area contributed by atoms with Crippen molar-refractivity contribution in [2.45, 2.75) is 45.6 Å². The van der Waals surface area contributed by atoms with Crippen LogP contribution in [0.1, 0.15) is 39.5 Å². The van der Waals surface area contributed by atoms with E-state index in [-0.39, 0.29) is 0 Å². The van der Waals surface area contributed by atoms with Crippen molar-refractivity contribution in [3.05, 3.63) is 25.6 Å². The van der Waals surface area contributed by atoms with Crippen molar-refractivity contribution in [3.8, 4) is 0 Å². The molecule has 0 aromatic heterocycles. The van der Waals surface area contributed by atoms with Gasteiger partial charge in [0, 0.05) is 19.5 Å². The van der Waals surface area contributed by atoms with Gasteiger partial charge < -0.3 is 5.32 Å². The summed E-state index contributed by atoms with van der Waals surface area (Å²) in [6.45, 7) is 4.46. The molecule has 0 unspecified atom stereocenters. The van der Waals surface area contributed by atoms with E-state index in [0.717, 1.165) is 19.1 Å². The zero-order valence-electron chi connectivity index (χ0n) is 10.2. The molecule has 0 spiro atoms. The van der Waals surface area contributed by atoms with Crippen molar-refractivity contribution >= 4 is 53.5 Å². The fourth-order valence-electron chi connectivity index (χ4n) is 1.87. The molecule has 0 aliphatic rings. The predicted molar refractivity (Wildman–Crippen MR) is 86.8 cm³/mol. The zero-order valence-corrected chi connectivity index (χ0v) is 15.0. The zero-order chi connectivity index (χ0) is 12.8. The summed E-state index contributed by atoms with van der Waals surface area (Å²) < 4.78 is 3.26. The van der Waals surface area contributed by atoms with Crippen LogP contribution in [0.25, 0.3) is 0 Å². The molecule has 17 heavy (non-hydrogen) atoms. The molecule has 1 aromatic carbocycles. The van der Waals surface area contributed by atoms with Crippen molar-refractivity contribution in [3.63, 3.8) is 0 Å². The Morgan fingerprint density at radius 3 is 1.88 bits per heavy atom. The van der Waals surface area contributed by atoms with Crippen LogP contribution in [0.5, 0.6) is 0 Å². The Hall–Kier alpha value is 0.460. The molecule has 0 bridgehead atoms. The molecule has 0 atom stereocenters. The highest BCUT2D eigenvalue weighted by atomic mass is 79.9. The fourth-order valence-corrected chi connectivity index (χ4v) is 4.36. The lowest BCUT2D eigenvalue weighted by Gasteiger charge is -2.21. The monoisotopic (exact) mass is 425 g/mol. The van der Waals surface area contributed by atoms with Crippen molar-refractivity contribution in [1.82, 2.24) is 0 Å². The highest BCUT2D eigenvalue weighted by molar-refractivity contribution is 9.11. The highest BCUT2D eigenvalue weighted by Crippen LogP contribution is 2.35. The molecule has 96 valence electrons. The molecule has 0 saturated heterocycles. The molecule has 1 nitrogen and oxygen atoms in total. The molecule has 0 aliphatic carbocycles. The second kappa shape index (κ2) is 7.80. The standard InChI is InChI=1S/C13H18Br3N/c1-3-5-10(6-4-2)17-13-11(15)7-9(14)8-12(13)16/h7-8,10,17H,3-6H2,1-2H3. The average Bonchev–Trinajstić information content (AvgIpc) is 2.23. The molecule has 0 amide bonds. The molecule has 0 saturated carbocycles. The van der Waals surface area contributed by atoms with Gasteiger partial charge in [0.15, 0.2) is 0 Å². The van der Waals surface area contributed by atoms with Gasteiger partial charge in [0.05, 0.1) is 5.69 Å². The van der Waals surface area contributed by atoms with E-state index in [0.29, 0.717) is 6.04 Å². The lowest BCUT2D eigenvalue weighted by molar-refractivity contribution is 0.586. The van der Waals surface area contributed by atoms with Gasteiger partial charge in [-0.1, -0.05) is 42.6 Å². The summed E-state index contributed by atoms with van der Waals surface area (Å²) in [4.78, 5) is 0. The maximum Gasteiger partial charge on any atom is 0.0631 e. The third-order valence-electron chi connectivity index (χ3n) is 2.63. The molecule has 0 radical (unpaired) electrons. The summed E-state index contributed by atoms with van der Waals surface area (Å²) >= 11 is 10.7. The number of anilines is 1. The van der Waals surface area contributed by atoms with Crippen LogP contribution >= 0.6 is 47.8 Å². The number of rotatable bonds is 6. The molecule has 0 fully saturated rings. The maximum atomic E-state index is 3.63. The van der Waals surface area contributed by atoms with E-state index in [1.165, 1.54) is 25.7 Å². The van der Waals surface area contributed by atoms with E-state index in [9.17, 15) is 0 Å². The van der Waals surface area contributed by atoms with Crippen molar-refractivity contribution in [2.24, 2.45) is 0 Å². The van der Waals surface area contributed by atoms with Crippen LogP contribution in [0.15, 0.2) is 25.6 Å². The van der Waals surface area contributed by atoms with Gasteiger partial charge in [0.2, 0.25) is 0 Å². The summed E-state index contributed by atoms with van der Waals surface area (Å²) in [5.41, 5.74) is 1.15. The van der Waals surface area contributed by atoms with Crippen LogP contribution in [0, 0.1) is 0 Å². The predicted octanol–water partition coefficient (Wildman–Crippen LogP) is 6.35. The van der Waals surface area contributed by atoms with Crippen molar-refractivity contribution in [1.29, 1.82) is 0 Å². The Balaban J connectivity index is 2.84. The van der Waals surface area contributed by atoms with E-state index >= 15 is 0 Å². The minimum atomic E-state index is 0.554. The minimum absolute atomic E-state index is 0.554. The summed E-state index contributed by atoms with van der Waals surface area (Å²) in [6, 6.07) is 4.70. The van der Waals surface area contributed by atoms with Gasteiger partial charge in [-0.05, 0) is 56.8 Å². The van der Waals surface area contributed by atoms with Gasteiger partial charge in [0.1, 0.15) is 0 Å². The SMILES string of the molecule is CCCC(CCC)Nc1c(Br)cc(Br)cc1Br. The number of nitrogens with one attached hydrogen (secondary N) is 1. The average molecular weight is 428 g/mol. The first-order valence-electron chi connectivity index (χ1n) is 5.99. The van der Waals surface area contributed by atoms with Gasteiger partial charge in [-0.25, -0.2) is 0 Å². The Kier molecular flexibility index (Phi) is 7.12. The lowest BCUT2D eigenvalue weighted by Crippen LogP contribution is -2.19. The maximum absolute atomic E-state index is 3.63. The topological polar surface area (TPSA) is 12.0 Å². The van der Waals surface area contributed by atoms with Crippen LogP contribution in [0.3, 0.4) is 0 Å². The quantitative estimate of drug-likeness (QED) is 0.557. The first kappa shape index (κ1) is 15.5. The van der Waals surface area contributed by atoms with Gasteiger partial charge >= 0.3 is 0 Å². The summed E-state index contributed by atoms with van der Waals surface area (Å²) in [5.74, 6) is 0. The van der Waals surface area contributed by atoms with Gasteiger partial charge in [-0.2, -0.15) is 0 Å². The third kappa shape index (κ3) is 4.92. The van der Waals surface area contributed by atoms with E-state index < -0.39 is 0 Å². The molecule has 1 aromatic rings. The van der Waals surface area contributed by atoms with Gasteiger partial charge in [0.25, 0.3) is 0 Å². The smallest absolute Gasteiger partial charge is 0.0631 e. The molecule has 1 rings (SSSR count). The number of halogens is 3. The second-order valence-corrected chi connectivity index (χ2v) is 6.79. The molecule has 0 heterocycles. The van der Waals surface area contributed by atoms with E-state index in [4.69, 9.17) is 0 Å². The molecule has 1 N–H and O–H groups in total. The van der Waals surface area contributed by atoms with Crippen molar-refractivity contribution in [2.75, 3.05) is 5.32 Å². The van der Waals surface area contributed by atoms with E-state index in [1.54, 1.807) is 0 Å². The molecular formula is C13H18Br3N. The largest absolute Gasteiger partial charge is 0.380 e. The van der Waals surface area contributed by atoms with Crippen LogP contribution < -0.4 is 5.32 Å². The number of benzene rings is 1. The highest BCUT2D eigenvalue weighted by Gasteiger charge is 2.12.